The number of carboxylic acid groups (broad SMARTS) is 1. The van der Waals surface area contributed by atoms with Crippen LogP contribution in [0.4, 0.5) is 0 Å². The maximum Gasteiger partial charge on any atom is 0.326 e. The van der Waals surface area contributed by atoms with E-state index >= 15 is 0 Å². The quantitative estimate of drug-likeness (QED) is 0.0516. The Morgan fingerprint density at radius 2 is 1.38 bits per heavy atom. The zero-order valence-corrected chi connectivity index (χ0v) is 21.5. The number of guanidine groups is 2. The van der Waals surface area contributed by atoms with Crippen molar-refractivity contribution in [1.29, 1.82) is 0 Å². The van der Waals surface area contributed by atoms with Gasteiger partial charge in [0.25, 0.3) is 0 Å². The fourth-order valence-electron chi connectivity index (χ4n) is 3.30. The van der Waals surface area contributed by atoms with E-state index in [0.717, 1.165) is 0 Å². The molecule has 0 aliphatic carbocycles. The van der Waals surface area contributed by atoms with Crippen molar-refractivity contribution in [1.82, 2.24) is 16.0 Å². The average molecular weight is 551 g/mol. The minimum atomic E-state index is -1.26. The van der Waals surface area contributed by atoms with Crippen LogP contribution in [0.15, 0.2) is 34.3 Å². The summed E-state index contributed by atoms with van der Waals surface area (Å²) >= 11 is 0. The Morgan fingerprint density at radius 3 is 1.92 bits per heavy atom. The van der Waals surface area contributed by atoms with Gasteiger partial charge in [0.05, 0.1) is 12.6 Å². The molecule has 15 N–H and O–H groups in total. The number of aliphatic imine (C=N–C) groups is 2. The van der Waals surface area contributed by atoms with Crippen LogP contribution in [0.1, 0.15) is 31.2 Å². The van der Waals surface area contributed by atoms with E-state index in [1.807, 2.05) is 0 Å². The number of nitrogens with one attached hydrogen (secondary N) is 3. The Morgan fingerprint density at radius 1 is 0.821 bits per heavy atom. The number of carboxylic acids is 1. The van der Waals surface area contributed by atoms with Crippen molar-refractivity contribution >= 4 is 35.6 Å². The van der Waals surface area contributed by atoms with Crippen molar-refractivity contribution in [3.05, 3.63) is 29.8 Å². The van der Waals surface area contributed by atoms with Crippen LogP contribution < -0.4 is 44.6 Å². The van der Waals surface area contributed by atoms with Gasteiger partial charge >= 0.3 is 5.97 Å². The molecule has 0 aromatic heterocycles. The molecule has 39 heavy (non-hydrogen) atoms. The van der Waals surface area contributed by atoms with E-state index < -0.39 is 48.4 Å². The smallest absolute Gasteiger partial charge is 0.326 e. The number of hydrogen-bond acceptors (Lipinski definition) is 8. The number of benzene rings is 1. The monoisotopic (exact) mass is 550 g/mol. The van der Waals surface area contributed by atoms with Gasteiger partial charge < -0.3 is 54.8 Å². The first kappa shape index (κ1) is 32.4. The number of aromatic hydroxyl groups is 1. The molecular weight excluding hydrogens is 512 g/mol. The lowest BCUT2D eigenvalue weighted by Crippen LogP contribution is -2.54. The number of phenolic OH excluding ortho intramolecular Hbond substituents is 1. The molecule has 0 fully saturated rings. The second-order valence-corrected chi connectivity index (χ2v) is 8.61. The molecule has 0 aliphatic heterocycles. The highest BCUT2D eigenvalue weighted by Gasteiger charge is 2.25. The third kappa shape index (κ3) is 14.1. The molecule has 0 saturated heterocycles. The molecule has 1 aromatic carbocycles. The molecule has 0 heterocycles. The molecule has 1 aromatic rings. The van der Waals surface area contributed by atoms with Crippen molar-refractivity contribution in [3.63, 3.8) is 0 Å². The van der Waals surface area contributed by atoms with Crippen LogP contribution in [0.25, 0.3) is 0 Å². The van der Waals surface area contributed by atoms with Gasteiger partial charge in [0, 0.05) is 19.5 Å². The number of aliphatic carboxylic acids is 1. The second kappa shape index (κ2) is 17.0. The highest BCUT2D eigenvalue weighted by molar-refractivity contribution is 5.92. The van der Waals surface area contributed by atoms with Crippen LogP contribution in [-0.2, 0) is 25.6 Å². The van der Waals surface area contributed by atoms with Crippen LogP contribution in [-0.4, -0.2) is 83.6 Å². The van der Waals surface area contributed by atoms with Crippen molar-refractivity contribution < 1.29 is 29.4 Å². The molecule has 3 atom stereocenters. The molecule has 0 saturated carbocycles. The van der Waals surface area contributed by atoms with Gasteiger partial charge in [0.15, 0.2) is 11.9 Å². The first-order valence-corrected chi connectivity index (χ1v) is 12.1. The fourth-order valence-corrected chi connectivity index (χ4v) is 3.30. The van der Waals surface area contributed by atoms with Gasteiger partial charge in [-0.1, -0.05) is 12.1 Å². The van der Waals surface area contributed by atoms with Gasteiger partial charge in [-0.2, -0.15) is 0 Å². The minimum Gasteiger partial charge on any atom is -0.508 e. The summed E-state index contributed by atoms with van der Waals surface area (Å²) in [5.74, 6) is -3.49. The SMILES string of the molecule is NC(N)=NCCCC(N)C(=O)NC(Cc1ccc(O)cc1)C(=O)NCC(=O)NC(CCCN=C(N)N)C(=O)O. The molecule has 0 bridgehead atoms. The fraction of sp³-hybridized carbons (Fsp3) is 0.478. The van der Waals surface area contributed by atoms with E-state index in [1.165, 1.54) is 12.1 Å². The summed E-state index contributed by atoms with van der Waals surface area (Å²) in [4.78, 5) is 56.9. The molecule has 0 radical (unpaired) electrons. The number of nitrogens with two attached hydrogens (primary N) is 5. The molecule has 216 valence electrons. The lowest BCUT2D eigenvalue weighted by Gasteiger charge is -2.21. The van der Waals surface area contributed by atoms with Crippen molar-refractivity contribution in [2.75, 3.05) is 19.6 Å². The van der Waals surface area contributed by atoms with E-state index in [1.54, 1.807) is 12.1 Å². The van der Waals surface area contributed by atoms with Crippen molar-refractivity contribution in [2.24, 2.45) is 38.7 Å². The Labute approximate surface area is 225 Å². The average Bonchev–Trinajstić information content (AvgIpc) is 2.87. The van der Waals surface area contributed by atoms with Gasteiger partial charge in [0.2, 0.25) is 17.7 Å². The Kier molecular flexibility index (Phi) is 14.1. The molecule has 1 rings (SSSR count). The molecule has 16 heteroatoms. The lowest BCUT2D eigenvalue weighted by atomic mass is 10.0. The lowest BCUT2D eigenvalue weighted by molar-refractivity contribution is -0.142. The van der Waals surface area contributed by atoms with E-state index in [2.05, 4.69) is 25.9 Å². The Bertz CT molecular complexity index is 1020. The van der Waals surface area contributed by atoms with E-state index in [0.29, 0.717) is 18.4 Å². The van der Waals surface area contributed by atoms with Crippen LogP contribution >= 0.6 is 0 Å². The summed E-state index contributed by atoms with van der Waals surface area (Å²) in [5.41, 5.74) is 27.5. The zero-order chi connectivity index (χ0) is 29.4. The molecule has 0 spiro atoms. The normalized spacial score (nSPS) is 12.7. The number of amides is 3. The van der Waals surface area contributed by atoms with E-state index in [9.17, 15) is 29.4 Å². The van der Waals surface area contributed by atoms with Crippen LogP contribution in [0, 0.1) is 0 Å². The van der Waals surface area contributed by atoms with E-state index in [4.69, 9.17) is 28.7 Å². The van der Waals surface area contributed by atoms with Crippen LogP contribution in [0.2, 0.25) is 0 Å². The Balaban J connectivity index is 2.77. The first-order valence-electron chi connectivity index (χ1n) is 12.1. The Hall–Kier alpha value is -4.60. The zero-order valence-electron chi connectivity index (χ0n) is 21.5. The number of phenols is 1. The molecule has 3 unspecified atom stereocenters. The standard InChI is InChI=1S/C23H38N10O6/c24-15(3-1-9-29-22(25)26)19(36)33-17(11-13-5-7-14(34)8-6-13)20(37)31-12-18(35)32-16(21(38)39)4-2-10-30-23(27)28/h5-8,15-17,34H,1-4,9-12,24H2,(H,31,37)(H,32,35)(H,33,36)(H,38,39)(H4,25,26,29)(H4,27,28,30). The third-order valence-electron chi connectivity index (χ3n) is 5.32. The topological polar surface area (TPSA) is 300 Å². The second-order valence-electron chi connectivity index (χ2n) is 8.61. The number of carbonyl (C=O) groups excluding carboxylic acids is 3. The first-order chi connectivity index (χ1) is 18.4. The number of hydrogen-bond donors (Lipinski definition) is 10. The number of rotatable bonds is 17. The van der Waals surface area contributed by atoms with Gasteiger partial charge in [-0.05, 0) is 43.4 Å². The molecule has 0 aliphatic rings. The van der Waals surface area contributed by atoms with Crippen molar-refractivity contribution in [2.45, 2.75) is 50.2 Å². The summed E-state index contributed by atoms with van der Waals surface area (Å²) in [6, 6.07) is 2.71. The molecule has 3 amide bonds. The largest absolute Gasteiger partial charge is 0.508 e. The number of nitrogens with zero attached hydrogens (tertiary/aromatic N) is 2. The van der Waals surface area contributed by atoms with Crippen LogP contribution in [0.5, 0.6) is 5.75 Å². The summed E-state index contributed by atoms with van der Waals surface area (Å²) in [6.45, 7) is -0.0711. The van der Waals surface area contributed by atoms with Crippen LogP contribution in [0.3, 0.4) is 0 Å². The predicted octanol–water partition coefficient (Wildman–Crippen LogP) is -3.46. The predicted molar refractivity (Wildman–Crippen MR) is 144 cm³/mol. The molecule has 16 nitrogen and oxygen atoms in total. The maximum atomic E-state index is 12.9. The maximum absolute atomic E-state index is 12.9. The summed E-state index contributed by atoms with van der Waals surface area (Å²) < 4.78 is 0. The molecular formula is C23H38N10O6. The summed E-state index contributed by atoms with van der Waals surface area (Å²) in [6.07, 6.45) is 1.07. The van der Waals surface area contributed by atoms with Gasteiger partial charge in [-0.15, -0.1) is 0 Å². The third-order valence-corrected chi connectivity index (χ3v) is 5.32. The van der Waals surface area contributed by atoms with Gasteiger partial charge in [-0.3, -0.25) is 24.4 Å². The highest BCUT2D eigenvalue weighted by Crippen LogP contribution is 2.12. The summed E-state index contributed by atoms with van der Waals surface area (Å²) in [5, 5.41) is 26.2. The van der Waals surface area contributed by atoms with Gasteiger partial charge in [-0.25, -0.2) is 4.79 Å². The summed E-state index contributed by atoms with van der Waals surface area (Å²) in [7, 11) is 0. The van der Waals surface area contributed by atoms with Crippen molar-refractivity contribution in [3.8, 4) is 5.75 Å². The minimum absolute atomic E-state index is 0.0227. The highest BCUT2D eigenvalue weighted by atomic mass is 16.4. The van der Waals surface area contributed by atoms with Gasteiger partial charge in [0.1, 0.15) is 17.8 Å². The van der Waals surface area contributed by atoms with E-state index in [-0.39, 0.29) is 50.0 Å². The number of carbonyl (C=O) groups is 4.